The number of hydrogen-bond donors (Lipinski definition) is 2. The fourth-order valence-corrected chi connectivity index (χ4v) is 0.811. The number of anilines is 1. The molecule has 1 rings (SSSR count). The largest absolute Gasteiger partial charge is 0.411 e. The minimum absolute atomic E-state index is 0.310. The van der Waals surface area contributed by atoms with E-state index in [1.54, 1.807) is 0 Å². The molecule has 0 aromatic heterocycles. The summed E-state index contributed by atoms with van der Waals surface area (Å²) in [5.74, 6) is -2.30. The van der Waals surface area contributed by atoms with Gasteiger partial charge in [-0.1, -0.05) is 5.16 Å². The van der Waals surface area contributed by atoms with Crippen molar-refractivity contribution in [3.63, 3.8) is 0 Å². The summed E-state index contributed by atoms with van der Waals surface area (Å²) >= 11 is 0. The number of amides is 1. The van der Waals surface area contributed by atoms with Crippen molar-refractivity contribution in [2.75, 3.05) is 5.32 Å². The first-order chi connectivity index (χ1) is 6.63. The van der Waals surface area contributed by atoms with Gasteiger partial charge < -0.3 is 10.5 Å². The van der Waals surface area contributed by atoms with E-state index in [9.17, 15) is 13.6 Å². The molecular formula is C8H6F2N2O2. The predicted molar refractivity (Wildman–Crippen MR) is 45.3 cm³/mol. The van der Waals surface area contributed by atoms with E-state index in [1.807, 2.05) is 5.32 Å². The van der Waals surface area contributed by atoms with E-state index >= 15 is 0 Å². The zero-order valence-corrected chi connectivity index (χ0v) is 6.87. The molecule has 0 bridgehead atoms. The lowest BCUT2D eigenvalue weighted by atomic mass is 10.3. The molecule has 2 N–H and O–H groups in total. The first-order valence-electron chi connectivity index (χ1n) is 3.57. The van der Waals surface area contributed by atoms with Gasteiger partial charge in [-0.3, -0.25) is 4.79 Å². The fourth-order valence-electron chi connectivity index (χ4n) is 0.811. The summed E-state index contributed by atoms with van der Waals surface area (Å²) in [5.41, 5.74) is -0.310. The SMILES string of the molecule is O=C(C=NO)Nc1cc(F)ccc1F. The highest BCUT2D eigenvalue weighted by atomic mass is 19.1. The number of oxime groups is 1. The number of hydrogen-bond acceptors (Lipinski definition) is 3. The summed E-state index contributed by atoms with van der Waals surface area (Å²) in [5, 5.41) is 12.4. The maximum atomic E-state index is 12.9. The average Bonchev–Trinajstić information content (AvgIpc) is 2.12. The molecule has 0 aliphatic carbocycles. The van der Waals surface area contributed by atoms with Gasteiger partial charge in [-0.15, -0.1) is 0 Å². The van der Waals surface area contributed by atoms with Crippen LogP contribution in [0.2, 0.25) is 0 Å². The van der Waals surface area contributed by atoms with Crippen LogP contribution in [0.25, 0.3) is 0 Å². The van der Waals surface area contributed by atoms with Crippen LogP contribution in [0.3, 0.4) is 0 Å². The zero-order chi connectivity index (χ0) is 10.6. The second kappa shape index (κ2) is 4.31. The van der Waals surface area contributed by atoms with Gasteiger partial charge in [0.15, 0.2) is 0 Å². The van der Waals surface area contributed by atoms with E-state index in [1.165, 1.54) is 0 Å². The molecular weight excluding hydrogens is 194 g/mol. The van der Waals surface area contributed by atoms with Crippen LogP contribution in [0.4, 0.5) is 14.5 Å². The maximum Gasteiger partial charge on any atom is 0.270 e. The van der Waals surface area contributed by atoms with Crippen molar-refractivity contribution in [2.24, 2.45) is 5.16 Å². The van der Waals surface area contributed by atoms with Crippen molar-refractivity contribution in [3.05, 3.63) is 29.8 Å². The van der Waals surface area contributed by atoms with Crippen molar-refractivity contribution < 1.29 is 18.8 Å². The molecule has 0 saturated carbocycles. The number of nitrogens with zero attached hydrogens (tertiary/aromatic N) is 1. The van der Waals surface area contributed by atoms with Gasteiger partial charge in [0.1, 0.15) is 17.8 Å². The Morgan fingerprint density at radius 2 is 2.21 bits per heavy atom. The number of rotatable bonds is 2. The van der Waals surface area contributed by atoms with E-state index in [0.717, 1.165) is 18.2 Å². The molecule has 0 spiro atoms. The third-order valence-electron chi connectivity index (χ3n) is 1.36. The molecule has 0 aliphatic rings. The lowest BCUT2D eigenvalue weighted by Gasteiger charge is -2.02. The molecule has 0 heterocycles. The summed E-state index contributed by atoms with van der Waals surface area (Å²) < 4.78 is 25.5. The third-order valence-corrected chi connectivity index (χ3v) is 1.36. The van der Waals surface area contributed by atoms with Gasteiger partial charge in [-0.2, -0.15) is 0 Å². The number of carbonyl (C=O) groups excluding carboxylic acids is 1. The van der Waals surface area contributed by atoms with Gasteiger partial charge in [-0.05, 0) is 12.1 Å². The molecule has 14 heavy (non-hydrogen) atoms. The van der Waals surface area contributed by atoms with Gasteiger partial charge in [0, 0.05) is 6.07 Å². The van der Waals surface area contributed by atoms with Gasteiger partial charge in [-0.25, -0.2) is 8.78 Å². The molecule has 1 aromatic carbocycles. The molecule has 0 unspecified atom stereocenters. The Bertz CT molecular complexity index is 380. The molecule has 0 aliphatic heterocycles. The van der Waals surface area contributed by atoms with Crippen molar-refractivity contribution in [3.8, 4) is 0 Å². The van der Waals surface area contributed by atoms with Gasteiger partial charge in [0.25, 0.3) is 5.91 Å². The Morgan fingerprint density at radius 3 is 2.86 bits per heavy atom. The Balaban J connectivity index is 2.85. The van der Waals surface area contributed by atoms with Gasteiger partial charge in [0.05, 0.1) is 5.69 Å². The van der Waals surface area contributed by atoms with E-state index in [0.29, 0.717) is 6.21 Å². The number of carbonyl (C=O) groups is 1. The molecule has 0 atom stereocenters. The Hall–Kier alpha value is -1.98. The van der Waals surface area contributed by atoms with Crippen LogP contribution in [0.5, 0.6) is 0 Å². The lowest BCUT2D eigenvalue weighted by Crippen LogP contribution is -2.13. The van der Waals surface area contributed by atoms with Gasteiger partial charge >= 0.3 is 0 Å². The zero-order valence-electron chi connectivity index (χ0n) is 6.87. The minimum atomic E-state index is -0.850. The first kappa shape index (κ1) is 10.1. The minimum Gasteiger partial charge on any atom is -0.411 e. The smallest absolute Gasteiger partial charge is 0.270 e. The number of halogens is 2. The molecule has 0 saturated heterocycles. The van der Waals surface area contributed by atoms with E-state index in [-0.39, 0.29) is 5.69 Å². The summed E-state index contributed by atoms with van der Waals surface area (Å²) in [7, 11) is 0. The van der Waals surface area contributed by atoms with E-state index < -0.39 is 17.5 Å². The number of nitrogens with one attached hydrogen (secondary N) is 1. The van der Waals surface area contributed by atoms with E-state index in [4.69, 9.17) is 5.21 Å². The quantitative estimate of drug-likeness (QED) is 0.430. The van der Waals surface area contributed by atoms with Crippen molar-refractivity contribution in [2.45, 2.75) is 0 Å². The summed E-state index contributed by atoms with van der Waals surface area (Å²) in [6.45, 7) is 0. The Labute approximate surface area is 77.8 Å². The van der Waals surface area contributed by atoms with Crippen LogP contribution < -0.4 is 5.32 Å². The lowest BCUT2D eigenvalue weighted by molar-refractivity contribution is -0.110. The highest BCUT2D eigenvalue weighted by Crippen LogP contribution is 2.14. The second-order valence-corrected chi connectivity index (χ2v) is 2.36. The molecule has 74 valence electrons. The summed E-state index contributed by atoms with van der Waals surface area (Å²) in [4.78, 5) is 10.8. The third kappa shape index (κ3) is 2.51. The normalized spacial score (nSPS) is 10.4. The van der Waals surface area contributed by atoms with Crippen LogP contribution in [0.15, 0.2) is 23.4 Å². The van der Waals surface area contributed by atoms with Crippen molar-refractivity contribution in [1.82, 2.24) is 0 Å². The van der Waals surface area contributed by atoms with Crippen molar-refractivity contribution >= 4 is 17.8 Å². The van der Waals surface area contributed by atoms with Crippen LogP contribution in [-0.4, -0.2) is 17.3 Å². The maximum absolute atomic E-state index is 12.9. The standard InChI is InChI=1S/C8H6F2N2O2/c9-5-1-2-6(10)7(3-5)12-8(13)4-11-14/h1-4,14H,(H,12,13). The van der Waals surface area contributed by atoms with Crippen LogP contribution >= 0.6 is 0 Å². The first-order valence-corrected chi connectivity index (χ1v) is 3.57. The van der Waals surface area contributed by atoms with Crippen LogP contribution in [0, 0.1) is 11.6 Å². The summed E-state index contributed by atoms with van der Waals surface area (Å²) in [6, 6.07) is 2.62. The van der Waals surface area contributed by atoms with E-state index in [2.05, 4.69) is 5.16 Å². The molecule has 0 fully saturated rings. The Kier molecular flexibility index (Phi) is 3.11. The monoisotopic (exact) mass is 200 g/mol. The van der Waals surface area contributed by atoms with Gasteiger partial charge in [0.2, 0.25) is 0 Å². The van der Waals surface area contributed by atoms with Crippen LogP contribution in [0.1, 0.15) is 0 Å². The summed E-state index contributed by atoms with van der Waals surface area (Å²) in [6.07, 6.45) is 0.532. The molecule has 4 nitrogen and oxygen atoms in total. The molecule has 1 amide bonds. The molecule has 6 heteroatoms. The average molecular weight is 200 g/mol. The molecule has 1 aromatic rings. The highest BCUT2D eigenvalue weighted by molar-refractivity contribution is 6.31. The fraction of sp³-hybridized carbons (Fsp3) is 0. The Morgan fingerprint density at radius 1 is 1.50 bits per heavy atom. The van der Waals surface area contributed by atoms with Crippen molar-refractivity contribution in [1.29, 1.82) is 0 Å². The number of benzene rings is 1. The highest BCUT2D eigenvalue weighted by Gasteiger charge is 2.06. The predicted octanol–water partition coefficient (Wildman–Crippen LogP) is 1.36. The van der Waals surface area contributed by atoms with Crippen LogP contribution in [-0.2, 0) is 4.79 Å². The molecule has 0 radical (unpaired) electrons. The second-order valence-electron chi connectivity index (χ2n) is 2.36. The topological polar surface area (TPSA) is 61.7 Å².